The Morgan fingerprint density at radius 2 is 2.18 bits per heavy atom. The molecule has 0 aliphatic heterocycles. The van der Waals surface area contributed by atoms with Gasteiger partial charge >= 0.3 is 0 Å². The average Bonchev–Trinajstić information content (AvgIpc) is 1.99. The maximum Gasteiger partial charge on any atom is 0.253 e. The predicted octanol–water partition coefficient (Wildman–Crippen LogP) is 2.34. The molecule has 0 saturated carbocycles. The smallest absolute Gasteiger partial charge is 0.253 e. The molecular weight excluding hydrogens is 138 g/mol. The van der Waals surface area contributed by atoms with Crippen molar-refractivity contribution in [1.29, 1.82) is 0 Å². The van der Waals surface area contributed by atoms with Gasteiger partial charge in [0.05, 0.1) is 0 Å². The molecule has 0 radical (unpaired) electrons. The highest BCUT2D eigenvalue weighted by Gasteiger charge is 1.95. The number of hydrogen-bond donors (Lipinski definition) is 0. The molecule has 62 valence electrons. The number of unbranched alkanes of at least 4 members (excludes halogenated alkanes) is 3. The highest BCUT2D eigenvalue weighted by Crippen LogP contribution is 2.02. The van der Waals surface area contributed by atoms with Crippen LogP contribution in [0.25, 0.3) is 0 Å². The van der Waals surface area contributed by atoms with E-state index in [0.717, 1.165) is 12.8 Å². The standard InChI is InChI=1S/C9H15NO/c1-3-5-6-7-8-9(11)10-4-2/h2-3,5-8H2,1H3. The molecule has 1 amide bonds. The highest BCUT2D eigenvalue weighted by atomic mass is 16.1. The molecule has 0 aromatic carbocycles. The lowest BCUT2D eigenvalue weighted by Gasteiger charge is -1.93. The fourth-order valence-electron chi connectivity index (χ4n) is 0.847. The Morgan fingerprint density at radius 1 is 1.45 bits per heavy atom. The number of hydrogen-bond acceptors (Lipinski definition) is 1. The summed E-state index contributed by atoms with van der Waals surface area (Å²) in [7, 11) is 0. The van der Waals surface area contributed by atoms with Crippen LogP contribution in [-0.2, 0) is 4.79 Å². The Bertz CT molecular complexity index is 157. The Labute approximate surface area is 68.0 Å². The van der Waals surface area contributed by atoms with Crippen LogP contribution < -0.4 is 0 Å². The Hall–Kier alpha value is -0.880. The zero-order valence-corrected chi connectivity index (χ0v) is 7.10. The summed E-state index contributed by atoms with van der Waals surface area (Å²) in [6.07, 6.45) is 5.00. The number of aliphatic imine (C=N–C) groups is 1. The van der Waals surface area contributed by atoms with Gasteiger partial charge in [0.25, 0.3) is 5.91 Å². The van der Waals surface area contributed by atoms with Crippen molar-refractivity contribution in [3.8, 4) is 0 Å². The van der Waals surface area contributed by atoms with Gasteiger partial charge in [-0.2, -0.15) is 4.99 Å². The van der Waals surface area contributed by atoms with Crippen LogP contribution in [0.5, 0.6) is 0 Å². The third kappa shape index (κ3) is 7.01. The summed E-state index contributed by atoms with van der Waals surface area (Å²) in [5, 5.41) is 0. The summed E-state index contributed by atoms with van der Waals surface area (Å²) in [5.74, 6) is 2.13. The van der Waals surface area contributed by atoms with Crippen LogP contribution in [0.15, 0.2) is 11.6 Å². The van der Waals surface area contributed by atoms with Crippen molar-refractivity contribution in [3.63, 3.8) is 0 Å². The van der Waals surface area contributed by atoms with E-state index in [1.165, 1.54) is 12.8 Å². The van der Waals surface area contributed by atoms with E-state index < -0.39 is 0 Å². The van der Waals surface area contributed by atoms with Gasteiger partial charge in [-0.1, -0.05) is 26.2 Å². The zero-order valence-electron chi connectivity index (χ0n) is 7.10. The summed E-state index contributed by atoms with van der Waals surface area (Å²) in [4.78, 5) is 14.2. The van der Waals surface area contributed by atoms with Crippen LogP contribution in [-0.4, -0.2) is 11.8 Å². The minimum Gasteiger partial charge on any atom is -0.272 e. The van der Waals surface area contributed by atoms with Gasteiger partial charge in [0.2, 0.25) is 0 Å². The molecule has 0 bridgehead atoms. The number of rotatable bonds is 5. The van der Waals surface area contributed by atoms with Crippen LogP contribution in [0.3, 0.4) is 0 Å². The van der Waals surface area contributed by atoms with Gasteiger partial charge < -0.3 is 0 Å². The molecule has 0 fully saturated rings. The van der Waals surface area contributed by atoms with Crippen molar-refractivity contribution in [2.24, 2.45) is 4.99 Å². The number of carbonyl (C=O) groups is 1. The molecule has 0 saturated heterocycles. The van der Waals surface area contributed by atoms with Gasteiger partial charge in [0.15, 0.2) is 0 Å². The summed E-state index contributed by atoms with van der Waals surface area (Å²) < 4.78 is 0. The van der Waals surface area contributed by atoms with E-state index in [0.29, 0.717) is 6.42 Å². The minimum atomic E-state index is -0.101. The van der Waals surface area contributed by atoms with Crippen molar-refractivity contribution in [2.45, 2.75) is 39.0 Å². The second kappa shape index (κ2) is 7.23. The molecule has 0 aromatic rings. The van der Waals surface area contributed by atoms with Crippen LogP contribution in [0, 0.1) is 0 Å². The molecular formula is C9H15NO. The summed E-state index contributed by atoms with van der Waals surface area (Å²) in [6.45, 7) is 5.38. The molecule has 0 unspecified atom stereocenters. The van der Waals surface area contributed by atoms with Gasteiger partial charge in [0.1, 0.15) is 0 Å². The topological polar surface area (TPSA) is 29.4 Å². The molecule has 0 heterocycles. The van der Waals surface area contributed by atoms with E-state index in [1.54, 1.807) is 0 Å². The van der Waals surface area contributed by atoms with Crippen molar-refractivity contribution in [3.05, 3.63) is 6.58 Å². The fourth-order valence-corrected chi connectivity index (χ4v) is 0.847. The van der Waals surface area contributed by atoms with Gasteiger partial charge in [0, 0.05) is 6.42 Å². The zero-order chi connectivity index (χ0) is 8.53. The molecule has 0 rings (SSSR count). The lowest BCUT2D eigenvalue weighted by molar-refractivity contribution is -0.117. The third-order valence-electron chi connectivity index (χ3n) is 1.45. The maximum absolute atomic E-state index is 10.7. The molecule has 0 N–H and O–H groups in total. The molecule has 0 aliphatic rings. The summed E-state index contributed by atoms with van der Waals surface area (Å²) in [5.41, 5.74) is 0. The number of carbonyl (C=O) groups excluding carboxylic acids is 1. The van der Waals surface area contributed by atoms with Crippen LogP contribution in [0.2, 0.25) is 0 Å². The van der Waals surface area contributed by atoms with Crippen molar-refractivity contribution < 1.29 is 4.79 Å². The van der Waals surface area contributed by atoms with E-state index in [2.05, 4.69) is 24.4 Å². The van der Waals surface area contributed by atoms with Gasteiger partial charge in [-0.3, -0.25) is 4.79 Å². The van der Waals surface area contributed by atoms with Crippen LogP contribution in [0.1, 0.15) is 39.0 Å². The highest BCUT2D eigenvalue weighted by molar-refractivity contribution is 5.82. The van der Waals surface area contributed by atoms with Crippen LogP contribution in [0.4, 0.5) is 0 Å². The maximum atomic E-state index is 10.7. The van der Waals surface area contributed by atoms with E-state index in [-0.39, 0.29) is 5.91 Å². The van der Waals surface area contributed by atoms with Crippen molar-refractivity contribution in [1.82, 2.24) is 0 Å². The van der Waals surface area contributed by atoms with Gasteiger partial charge in [-0.05, 0) is 18.9 Å². The van der Waals surface area contributed by atoms with E-state index in [4.69, 9.17) is 0 Å². The SMILES string of the molecule is C=C=NC(=O)CCCCCC. The second-order valence-electron chi connectivity index (χ2n) is 2.47. The molecule has 0 atom stereocenters. The molecule has 2 heteroatoms. The van der Waals surface area contributed by atoms with Gasteiger partial charge in [-0.15, -0.1) is 0 Å². The Kier molecular flexibility index (Phi) is 6.65. The van der Waals surface area contributed by atoms with E-state index in [9.17, 15) is 4.79 Å². The number of nitrogens with zero attached hydrogens (tertiary/aromatic N) is 1. The van der Waals surface area contributed by atoms with Crippen molar-refractivity contribution in [2.75, 3.05) is 0 Å². The summed E-state index contributed by atoms with van der Waals surface area (Å²) >= 11 is 0. The summed E-state index contributed by atoms with van der Waals surface area (Å²) in [6, 6.07) is 0. The molecule has 0 spiro atoms. The lowest BCUT2D eigenvalue weighted by atomic mass is 10.1. The molecule has 0 aliphatic carbocycles. The number of amides is 1. The first kappa shape index (κ1) is 10.1. The Morgan fingerprint density at radius 3 is 2.73 bits per heavy atom. The average molecular weight is 153 g/mol. The quantitative estimate of drug-likeness (QED) is 0.440. The van der Waals surface area contributed by atoms with Gasteiger partial charge in [-0.25, -0.2) is 0 Å². The van der Waals surface area contributed by atoms with Crippen molar-refractivity contribution >= 4 is 11.8 Å². The first-order chi connectivity index (χ1) is 5.31. The normalized spacial score (nSPS) is 8.82. The minimum absolute atomic E-state index is 0.101. The first-order valence-electron chi connectivity index (χ1n) is 4.07. The van der Waals surface area contributed by atoms with Crippen LogP contribution >= 0.6 is 0 Å². The Balaban J connectivity index is 3.24. The molecule has 11 heavy (non-hydrogen) atoms. The molecule has 2 nitrogen and oxygen atoms in total. The third-order valence-corrected chi connectivity index (χ3v) is 1.45. The monoisotopic (exact) mass is 153 g/mol. The van der Waals surface area contributed by atoms with E-state index >= 15 is 0 Å². The van der Waals surface area contributed by atoms with E-state index in [1.807, 2.05) is 0 Å². The predicted molar refractivity (Wildman–Crippen MR) is 46.8 cm³/mol. The lowest BCUT2D eigenvalue weighted by Crippen LogP contribution is -1.91. The molecule has 0 aromatic heterocycles. The largest absolute Gasteiger partial charge is 0.272 e. The fraction of sp³-hybridized carbons (Fsp3) is 0.667. The first-order valence-corrected chi connectivity index (χ1v) is 4.07. The second-order valence-corrected chi connectivity index (χ2v) is 2.47.